The molecule has 0 saturated heterocycles. The van der Waals surface area contributed by atoms with Crippen molar-refractivity contribution in [1.82, 2.24) is 4.72 Å². The van der Waals surface area contributed by atoms with E-state index in [1.165, 1.54) is 0 Å². The quantitative estimate of drug-likeness (QED) is 0.814. The number of hydrogen-bond donors (Lipinski definition) is 2. The molecule has 0 aliphatic rings. The summed E-state index contributed by atoms with van der Waals surface area (Å²) in [7, 11) is -3.56. The normalized spacial score (nSPS) is 13.4. The molecule has 0 radical (unpaired) electrons. The molecule has 0 bridgehead atoms. The highest BCUT2D eigenvalue weighted by molar-refractivity contribution is 7.88. The van der Waals surface area contributed by atoms with Crippen molar-refractivity contribution in [2.75, 3.05) is 6.26 Å². The van der Waals surface area contributed by atoms with E-state index in [0.717, 1.165) is 11.8 Å². The Labute approximate surface area is 94.2 Å². The Balaban J connectivity index is 3.03. The maximum Gasteiger partial charge on any atom is 0.326 e. The van der Waals surface area contributed by atoms with Gasteiger partial charge in [-0.25, -0.2) is 8.42 Å². The predicted octanol–water partition coefficient (Wildman–Crippen LogP) is 0.670. The summed E-state index contributed by atoms with van der Waals surface area (Å²) < 4.78 is 24.1. The molecule has 6 heteroatoms. The average Bonchev–Trinajstić information content (AvgIpc) is 2.14. The van der Waals surface area contributed by atoms with Crippen molar-refractivity contribution in [1.29, 1.82) is 0 Å². The Bertz CT molecular complexity index is 478. The van der Waals surface area contributed by atoms with Crippen LogP contribution < -0.4 is 4.72 Å². The van der Waals surface area contributed by atoms with Crippen LogP contribution in [0.1, 0.15) is 17.2 Å². The van der Waals surface area contributed by atoms with Crippen LogP contribution in [0.2, 0.25) is 0 Å². The summed E-state index contributed by atoms with van der Waals surface area (Å²) in [5, 5.41) is 8.93. The van der Waals surface area contributed by atoms with Gasteiger partial charge in [-0.05, 0) is 12.5 Å². The third-order valence-corrected chi connectivity index (χ3v) is 2.65. The van der Waals surface area contributed by atoms with Gasteiger partial charge in [0, 0.05) is 0 Å². The molecular formula is C10H13NO4S. The van der Waals surface area contributed by atoms with E-state index < -0.39 is 22.0 Å². The lowest BCUT2D eigenvalue weighted by molar-refractivity contribution is -0.139. The molecule has 0 amide bonds. The van der Waals surface area contributed by atoms with Crippen molar-refractivity contribution >= 4 is 16.0 Å². The molecule has 16 heavy (non-hydrogen) atoms. The summed E-state index contributed by atoms with van der Waals surface area (Å²) in [4.78, 5) is 10.9. The molecule has 1 rings (SSSR count). The third kappa shape index (κ3) is 3.63. The number of nitrogens with one attached hydrogen (secondary N) is 1. The zero-order valence-electron chi connectivity index (χ0n) is 8.97. The summed E-state index contributed by atoms with van der Waals surface area (Å²) in [5.74, 6) is -1.23. The monoisotopic (exact) mass is 243 g/mol. The van der Waals surface area contributed by atoms with Crippen molar-refractivity contribution in [3.63, 3.8) is 0 Å². The number of carboxylic acid groups (broad SMARTS) is 1. The van der Waals surface area contributed by atoms with Gasteiger partial charge >= 0.3 is 5.97 Å². The van der Waals surface area contributed by atoms with Crippen LogP contribution in [0.5, 0.6) is 0 Å². The highest BCUT2D eigenvalue weighted by Gasteiger charge is 2.22. The number of hydrogen-bond acceptors (Lipinski definition) is 3. The summed E-state index contributed by atoms with van der Waals surface area (Å²) in [5.41, 5.74) is 1.38. The first-order valence-electron chi connectivity index (χ1n) is 4.56. The van der Waals surface area contributed by atoms with E-state index in [1.807, 2.05) is 6.92 Å². The first-order chi connectivity index (χ1) is 7.29. The van der Waals surface area contributed by atoms with Crippen LogP contribution in [0.15, 0.2) is 24.3 Å². The standard InChI is InChI=1S/C10H13NO4S/c1-7-3-5-8(6-4-7)9(10(12)13)11-16(2,14)15/h3-6,9,11H,1-2H3,(H,12,13). The largest absolute Gasteiger partial charge is 0.480 e. The Morgan fingerprint density at radius 1 is 1.31 bits per heavy atom. The molecule has 88 valence electrons. The Morgan fingerprint density at radius 3 is 2.19 bits per heavy atom. The minimum atomic E-state index is -3.56. The zero-order chi connectivity index (χ0) is 12.3. The maximum atomic E-state index is 11.0. The van der Waals surface area contributed by atoms with Crippen LogP contribution in [-0.4, -0.2) is 25.7 Å². The molecule has 1 unspecified atom stereocenters. The Kier molecular flexibility index (Phi) is 3.66. The minimum absolute atomic E-state index is 0.406. The lowest BCUT2D eigenvalue weighted by Gasteiger charge is -2.13. The fraction of sp³-hybridized carbons (Fsp3) is 0.300. The van der Waals surface area contributed by atoms with E-state index in [4.69, 9.17) is 5.11 Å². The topological polar surface area (TPSA) is 83.5 Å². The van der Waals surface area contributed by atoms with Gasteiger partial charge in [0.15, 0.2) is 0 Å². The van der Waals surface area contributed by atoms with Crippen LogP contribution in [0, 0.1) is 6.92 Å². The molecule has 0 heterocycles. The molecule has 0 aliphatic carbocycles. The predicted molar refractivity (Wildman–Crippen MR) is 59.5 cm³/mol. The highest BCUT2D eigenvalue weighted by Crippen LogP contribution is 2.14. The number of aryl methyl sites for hydroxylation is 1. The molecule has 5 nitrogen and oxygen atoms in total. The second kappa shape index (κ2) is 4.63. The summed E-state index contributed by atoms with van der Waals surface area (Å²) in [6.45, 7) is 1.86. The van der Waals surface area contributed by atoms with E-state index in [0.29, 0.717) is 5.56 Å². The second-order valence-electron chi connectivity index (χ2n) is 3.57. The van der Waals surface area contributed by atoms with E-state index in [-0.39, 0.29) is 0 Å². The van der Waals surface area contributed by atoms with E-state index in [9.17, 15) is 13.2 Å². The van der Waals surface area contributed by atoms with Crippen molar-refractivity contribution < 1.29 is 18.3 Å². The SMILES string of the molecule is Cc1ccc(C(NS(C)(=O)=O)C(=O)O)cc1. The van der Waals surface area contributed by atoms with Gasteiger partial charge in [-0.2, -0.15) is 4.72 Å². The van der Waals surface area contributed by atoms with Gasteiger partial charge in [0.25, 0.3) is 0 Å². The number of benzene rings is 1. The van der Waals surface area contributed by atoms with E-state index in [1.54, 1.807) is 24.3 Å². The van der Waals surface area contributed by atoms with Gasteiger partial charge in [0.1, 0.15) is 6.04 Å². The fourth-order valence-electron chi connectivity index (χ4n) is 1.23. The number of carboxylic acids is 1. The zero-order valence-corrected chi connectivity index (χ0v) is 9.78. The van der Waals surface area contributed by atoms with Gasteiger partial charge in [-0.15, -0.1) is 0 Å². The first-order valence-corrected chi connectivity index (χ1v) is 6.45. The van der Waals surface area contributed by atoms with Gasteiger partial charge in [-0.3, -0.25) is 4.79 Å². The average molecular weight is 243 g/mol. The lowest BCUT2D eigenvalue weighted by Crippen LogP contribution is -2.32. The smallest absolute Gasteiger partial charge is 0.326 e. The number of rotatable bonds is 4. The van der Waals surface area contributed by atoms with Crippen LogP contribution in [0.3, 0.4) is 0 Å². The molecule has 1 atom stereocenters. The minimum Gasteiger partial charge on any atom is -0.480 e. The molecule has 2 N–H and O–H groups in total. The third-order valence-electron chi connectivity index (χ3n) is 1.99. The number of carbonyl (C=O) groups is 1. The van der Waals surface area contributed by atoms with Crippen molar-refractivity contribution in [2.24, 2.45) is 0 Å². The van der Waals surface area contributed by atoms with Crippen LogP contribution in [0.25, 0.3) is 0 Å². The van der Waals surface area contributed by atoms with Gasteiger partial charge in [-0.1, -0.05) is 29.8 Å². The summed E-state index contributed by atoms with van der Waals surface area (Å²) in [6.07, 6.45) is 0.928. The van der Waals surface area contributed by atoms with Crippen LogP contribution in [0.4, 0.5) is 0 Å². The van der Waals surface area contributed by atoms with Crippen molar-refractivity contribution in [3.05, 3.63) is 35.4 Å². The molecular weight excluding hydrogens is 230 g/mol. The van der Waals surface area contributed by atoms with Crippen LogP contribution in [-0.2, 0) is 14.8 Å². The van der Waals surface area contributed by atoms with Gasteiger partial charge in [0.2, 0.25) is 10.0 Å². The van der Waals surface area contributed by atoms with Gasteiger partial charge in [0.05, 0.1) is 6.26 Å². The molecule has 0 aliphatic heterocycles. The van der Waals surface area contributed by atoms with Crippen molar-refractivity contribution in [3.8, 4) is 0 Å². The molecule has 0 aromatic heterocycles. The molecule has 0 fully saturated rings. The summed E-state index contributed by atoms with van der Waals surface area (Å²) >= 11 is 0. The van der Waals surface area contributed by atoms with E-state index >= 15 is 0 Å². The lowest BCUT2D eigenvalue weighted by atomic mass is 10.1. The maximum absolute atomic E-state index is 11.0. The molecule has 1 aromatic rings. The molecule has 0 spiro atoms. The molecule has 0 saturated carbocycles. The second-order valence-corrected chi connectivity index (χ2v) is 5.35. The highest BCUT2D eigenvalue weighted by atomic mass is 32.2. The number of sulfonamides is 1. The Hall–Kier alpha value is -1.40. The summed E-state index contributed by atoms with van der Waals surface area (Å²) in [6, 6.07) is 5.40. The van der Waals surface area contributed by atoms with E-state index in [2.05, 4.69) is 4.72 Å². The van der Waals surface area contributed by atoms with Gasteiger partial charge < -0.3 is 5.11 Å². The fourth-order valence-corrected chi connectivity index (χ4v) is 1.90. The molecule has 1 aromatic carbocycles. The number of aliphatic carboxylic acids is 1. The first kappa shape index (κ1) is 12.7. The van der Waals surface area contributed by atoms with Crippen LogP contribution >= 0.6 is 0 Å². The van der Waals surface area contributed by atoms with Crippen molar-refractivity contribution in [2.45, 2.75) is 13.0 Å². The Morgan fingerprint density at radius 2 is 1.81 bits per heavy atom.